The van der Waals surface area contributed by atoms with Gasteiger partial charge in [0, 0.05) is 5.38 Å². The van der Waals surface area contributed by atoms with E-state index in [1.165, 1.54) is 30.6 Å². The third-order valence-corrected chi connectivity index (χ3v) is 4.10. The number of nitrogens with two attached hydrogens (primary N) is 1. The normalized spacial score (nSPS) is 16.7. The molecule has 1 aromatic rings. The van der Waals surface area contributed by atoms with Crippen molar-refractivity contribution in [3.8, 4) is 0 Å². The number of nitrogens with zero attached hydrogens (tertiary/aromatic N) is 2. The highest BCUT2D eigenvalue weighted by molar-refractivity contribution is 7.13. The fraction of sp³-hybridized carbons (Fsp3) is 0.643. The fourth-order valence-electron chi connectivity index (χ4n) is 2.35. The molecule has 0 radical (unpaired) electrons. The van der Waals surface area contributed by atoms with Crippen LogP contribution in [0.25, 0.3) is 0 Å². The number of hydrogen-bond acceptors (Lipinski definition) is 7. The number of carbonyl (C=O) groups excluding carboxylic acids is 1. The summed E-state index contributed by atoms with van der Waals surface area (Å²) in [5.41, 5.74) is 6.08. The quantitative estimate of drug-likeness (QED) is 0.495. The highest BCUT2D eigenvalue weighted by atomic mass is 32.1. The molecule has 2 N–H and O–H groups in total. The molecule has 0 aliphatic heterocycles. The van der Waals surface area contributed by atoms with Gasteiger partial charge in [0.05, 0.1) is 6.61 Å². The van der Waals surface area contributed by atoms with Gasteiger partial charge >= 0.3 is 5.97 Å². The zero-order valence-corrected chi connectivity index (χ0v) is 13.0. The second-order valence-corrected chi connectivity index (χ2v) is 5.92. The second kappa shape index (κ2) is 7.97. The van der Waals surface area contributed by atoms with E-state index < -0.39 is 5.97 Å². The van der Waals surface area contributed by atoms with Crippen LogP contribution in [0.2, 0.25) is 0 Å². The molecule has 7 heteroatoms. The molecule has 2 rings (SSSR count). The van der Waals surface area contributed by atoms with Gasteiger partial charge in [-0.1, -0.05) is 24.4 Å². The number of hydrogen-bond donors (Lipinski definition) is 1. The van der Waals surface area contributed by atoms with E-state index in [-0.39, 0.29) is 12.3 Å². The monoisotopic (exact) mass is 311 g/mol. The minimum absolute atomic E-state index is 0.0839. The van der Waals surface area contributed by atoms with Crippen molar-refractivity contribution in [3.05, 3.63) is 11.1 Å². The van der Waals surface area contributed by atoms with Gasteiger partial charge in [0.2, 0.25) is 5.71 Å². The van der Waals surface area contributed by atoms with Gasteiger partial charge in [-0.05, 0) is 25.7 Å². The Morgan fingerprint density at radius 3 is 2.86 bits per heavy atom. The Kier molecular flexibility index (Phi) is 5.98. The van der Waals surface area contributed by atoms with Crippen molar-refractivity contribution in [1.29, 1.82) is 0 Å². The topological polar surface area (TPSA) is 86.8 Å². The van der Waals surface area contributed by atoms with E-state index in [1.807, 2.05) is 0 Å². The second-order valence-electron chi connectivity index (χ2n) is 5.03. The van der Waals surface area contributed by atoms with Crippen LogP contribution in [0.5, 0.6) is 0 Å². The van der Waals surface area contributed by atoms with Crippen molar-refractivity contribution in [2.75, 3.05) is 18.9 Å². The summed E-state index contributed by atoms with van der Waals surface area (Å²) in [5, 5.41) is 6.01. The van der Waals surface area contributed by atoms with Crippen molar-refractivity contribution in [1.82, 2.24) is 4.98 Å². The predicted octanol–water partition coefficient (Wildman–Crippen LogP) is 2.59. The average Bonchev–Trinajstić information content (AvgIpc) is 2.91. The lowest BCUT2D eigenvalue weighted by Gasteiger charge is -2.19. The number of rotatable bonds is 6. The van der Waals surface area contributed by atoms with E-state index >= 15 is 0 Å². The van der Waals surface area contributed by atoms with Crippen LogP contribution in [0.3, 0.4) is 0 Å². The first-order valence-electron chi connectivity index (χ1n) is 7.29. The van der Waals surface area contributed by atoms with E-state index in [0.717, 1.165) is 12.8 Å². The zero-order valence-electron chi connectivity index (χ0n) is 12.2. The van der Waals surface area contributed by atoms with Crippen LogP contribution in [0.15, 0.2) is 10.5 Å². The van der Waals surface area contributed by atoms with Gasteiger partial charge < -0.3 is 15.3 Å². The van der Waals surface area contributed by atoms with Crippen molar-refractivity contribution in [3.63, 3.8) is 0 Å². The molecule has 0 saturated heterocycles. The van der Waals surface area contributed by atoms with E-state index in [1.54, 1.807) is 12.3 Å². The zero-order chi connectivity index (χ0) is 15.1. The summed E-state index contributed by atoms with van der Waals surface area (Å²) in [6.07, 6.45) is 6.10. The lowest BCUT2D eigenvalue weighted by atomic mass is 9.90. The summed E-state index contributed by atoms with van der Waals surface area (Å²) in [6, 6.07) is 0. The molecule has 1 aromatic heterocycles. The van der Waals surface area contributed by atoms with E-state index in [2.05, 4.69) is 10.1 Å². The molecule has 1 aliphatic rings. The predicted molar refractivity (Wildman–Crippen MR) is 82.2 cm³/mol. The fourth-order valence-corrected chi connectivity index (χ4v) is 2.89. The summed E-state index contributed by atoms with van der Waals surface area (Å²) in [7, 11) is 0. The molecular weight excluding hydrogens is 290 g/mol. The number of ether oxygens (including phenoxy) is 1. The molecule has 6 nitrogen and oxygen atoms in total. The third-order valence-electron chi connectivity index (χ3n) is 3.42. The largest absolute Gasteiger partial charge is 0.461 e. The Morgan fingerprint density at radius 1 is 1.48 bits per heavy atom. The Hall–Kier alpha value is -1.63. The average molecular weight is 311 g/mol. The van der Waals surface area contributed by atoms with Gasteiger partial charge in [-0.25, -0.2) is 9.78 Å². The maximum atomic E-state index is 11.9. The molecule has 21 heavy (non-hydrogen) atoms. The van der Waals surface area contributed by atoms with E-state index in [4.69, 9.17) is 15.3 Å². The first-order chi connectivity index (χ1) is 10.2. The molecular formula is C14H21N3O3S. The van der Waals surface area contributed by atoms with Crippen LogP contribution in [0, 0.1) is 5.92 Å². The smallest absolute Gasteiger partial charge is 0.362 e. The van der Waals surface area contributed by atoms with Crippen LogP contribution >= 0.6 is 11.3 Å². The van der Waals surface area contributed by atoms with Gasteiger partial charge in [0.25, 0.3) is 0 Å². The Balaban J connectivity index is 2.00. The van der Waals surface area contributed by atoms with Gasteiger partial charge in [-0.2, -0.15) is 0 Å². The maximum Gasteiger partial charge on any atom is 0.362 e. The van der Waals surface area contributed by atoms with Crippen molar-refractivity contribution in [2.45, 2.75) is 39.0 Å². The van der Waals surface area contributed by atoms with Crippen molar-refractivity contribution < 1.29 is 14.4 Å². The molecule has 1 aliphatic carbocycles. The summed E-state index contributed by atoms with van der Waals surface area (Å²) in [6.45, 7) is 2.55. The van der Waals surface area contributed by atoms with Crippen LogP contribution in [0.1, 0.15) is 44.7 Å². The molecule has 116 valence electrons. The number of aromatic nitrogens is 1. The molecule has 0 spiro atoms. The van der Waals surface area contributed by atoms with Crippen LogP contribution < -0.4 is 5.73 Å². The van der Waals surface area contributed by atoms with Gasteiger partial charge in [0.1, 0.15) is 12.3 Å². The Bertz CT molecular complexity index is 495. The Labute approximate surface area is 128 Å². The number of anilines is 1. The number of carbonyl (C=O) groups is 1. The summed E-state index contributed by atoms with van der Waals surface area (Å²) >= 11 is 1.25. The molecule has 1 fully saturated rings. The summed E-state index contributed by atoms with van der Waals surface area (Å²) < 4.78 is 4.98. The standard InChI is InChI=1S/C14H21N3O3S/c1-2-19-13(18)12(11-9-21-14(15)16-11)17-20-8-10-6-4-3-5-7-10/h9-10H,2-8H2,1H3,(H2,15,16)/b17-12-. The molecule has 0 unspecified atom stereocenters. The summed E-state index contributed by atoms with van der Waals surface area (Å²) in [4.78, 5) is 21.4. The SMILES string of the molecule is CCOC(=O)/C(=N\OCC1CCCCC1)c1csc(N)n1. The maximum absolute atomic E-state index is 11.9. The third kappa shape index (κ3) is 4.70. The Morgan fingerprint density at radius 2 is 2.24 bits per heavy atom. The number of thiazole rings is 1. The molecule has 0 aromatic carbocycles. The minimum atomic E-state index is -0.536. The highest BCUT2D eigenvalue weighted by Crippen LogP contribution is 2.23. The highest BCUT2D eigenvalue weighted by Gasteiger charge is 2.20. The summed E-state index contributed by atoms with van der Waals surface area (Å²) in [5.74, 6) is -0.0158. The molecule has 0 bridgehead atoms. The number of oxime groups is 1. The lowest BCUT2D eigenvalue weighted by Crippen LogP contribution is -2.20. The first-order valence-corrected chi connectivity index (χ1v) is 8.17. The van der Waals surface area contributed by atoms with E-state index in [0.29, 0.717) is 23.4 Å². The van der Waals surface area contributed by atoms with Crippen LogP contribution in [-0.2, 0) is 14.4 Å². The van der Waals surface area contributed by atoms with Crippen LogP contribution in [-0.4, -0.2) is 29.9 Å². The molecule has 1 saturated carbocycles. The van der Waals surface area contributed by atoms with Crippen molar-refractivity contribution in [2.24, 2.45) is 11.1 Å². The molecule has 0 atom stereocenters. The van der Waals surface area contributed by atoms with Gasteiger partial charge in [-0.3, -0.25) is 0 Å². The van der Waals surface area contributed by atoms with Crippen LogP contribution in [0.4, 0.5) is 5.13 Å². The van der Waals surface area contributed by atoms with Gasteiger partial charge in [0.15, 0.2) is 5.13 Å². The molecule has 0 amide bonds. The van der Waals surface area contributed by atoms with Crippen molar-refractivity contribution >= 4 is 28.1 Å². The van der Waals surface area contributed by atoms with E-state index in [9.17, 15) is 4.79 Å². The minimum Gasteiger partial charge on any atom is -0.461 e. The molecule has 1 heterocycles. The first kappa shape index (κ1) is 15.8. The number of nitrogen functional groups attached to an aromatic ring is 1. The number of esters is 1. The van der Waals surface area contributed by atoms with Gasteiger partial charge in [-0.15, -0.1) is 11.3 Å². The lowest BCUT2D eigenvalue weighted by molar-refractivity contribution is -0.135.